The fraction of sp³-hybridized carbons (Fsp3) is 0.133. The molecule has 3 heterocycles. The Hall–Kier alpha value is -1.11. The van der Waals surface area contributed by atoms with Crippen molar-refractivity contribution in [3.05, 3.63) is 50.2 Å². The summed E-state index contributed by atoms with van der Waals surface area (Å²) in [6, 6.07) is 12.4. The number of nitrogens with one attached hydrogen (secondary N) is 1. The molecule has 0 spiro atoms. The normalized spacial score (nSPS) is 13.2. The second-order valence-corrected chi connectivity index (χ2v) is 8.14. The fourth-order valence-corrected chi connectivity index (χ4v) is 4.46. The van der Waals surface area contributed by atoms with E-state index >= 15 is 0 Å². The molecule has 1 N–H and O–H groups in total. The third-order valence-corrected chi connectivity index (χ3v) is 5.84. The molecule has 0 amide bonds. The van der Waals surface area contributed by atoms with E-state index in [1.807, 2.05) is 22.9 Å². The zero-order chi connectivity index (χ0) is 14.4. The maximum absolute atomic E-state index is 4.86. The Morgan fingerprint density at radius 2 is 2.00 bits per heavy atom. The van der Waals surface area contributed by atoms with Crippen LogP contribution in [-0.2, 0) is 6.42 Å². The number of nitrogens with zero attached hydrogens (tertiary/aromatic N) is 2. The third kappa shape index (κ3) is 2.25. The summed E-state index contributed by atoms with van der Waals surface area (Å²) in [5.74, 6) is 1.11. The number of para-hydroxylation sites is 1. The molecule has 1 aliphatic rings. The average molecular weight is 425 g/mol. The van der Waals surface area contributed by atoms with E-state index in [9.17, 15) is 0 Å². The van der Waals surface area contributed by atoms with Crippen LogP contribution in [0, 0.1) is 0 Å². The first-order valence-electron chi connectivity index (χ1n) is 6.60. The molecule has 0 fully saturated rings. The largest absolute Gasteiger partial charge is 0.369 e. The number of hydrogen-bond donors (Lipinski definition) is 1. The van der Waals surface area contributed by atoms with Gasteiger partial charge < -0.3 is 5.32 Å². The van der Waals surface area contributed by atoms with Crippen molar-refractivity contribution in [3.8, 4) is 16.3 Å². The molecule has 106 valence electrons. The van der Waals surface area contributed by atoms with Gasteiger partial charge in [0, 0.05) is 16.6 Å². The molecule has 0 bridgehead atoms. The monoisotopic (exact) mass is 423 g/mol. The van der Waals surface area contributed by atoms with Gasteiger partial charge in [-0.15, -0.1) is 11.3 Å². The highest BCUT2D eigenvalue weighted by atomic mass is 79.9. The van der Waals surface area contributed by atoms with Crippen LogP contribution in [0.1, 0.15) is 5.56 Å². The van der Waals surface area contributed by atoms with E-state index in [0.29, 0.717) is 0 Å². The first kappa shape index (κ1) is 13.5. The van der Waals surface area contributed by atoms with Crippen LogP contribution in [0.5, 0.6) is 0 Å². The molecule has 0 saturated carbocycles. The summed E-state index contributed by atoms with van der Waals surface area (Å²) in [7, 11) is 0. The Morgan fingerprint density at radius 3 is 2.76 bits per heavy atom. The van der Waals surface area contributed by atoms with E-state index in [4.69, 9.17) is 5.10 Å². The van der Waals surface area contributed by atoms with Crippen LogP contribution in [-0.4, -0.2) is 16.3 Å². The number of rotatable bonds is 2. The molecule has 21 heavy (non-hydrogen) atoms. The third-order valence-electron chi connectivity index (χ3n) is 3.54. The Bertz CT molecular complexity index is 822. The standard InChI is InChI=1S/C15H11Br2N3S/c16-10-3-1-2-4-11(10)20-15-9(7-8-18-15)14(19-20)12-5-6-13(17)21-12/h1-6,18H,7-8H2. The summed E-state index contributed by atoms with van der Waals surface area (Å²) in [5, 5.41) is 8.32. The minimum Gasteiger partial charge on any atom is -0.369 e. The van der Waals surface area contributed by atoms with Gasteiger partial charge in [0.1, 0.15) is 11.5 Å². The lowest BCUT2D eigenvalue weighted by molar-refractivity contribution is 0.879. The quantitative estimate of drug-likeness (QED) is 0.620. The molecule has 6 heteroatoms. The minimum atomic E-state index is 0.969. The van der Waals surface area contributed by atoms with Crippen LogP contribution in [0.3, 0.4) is 0 Å². The molecule has 1 aromatic carbocycles. The Morgan fingerprint density at radius 1 is 1.14 bits per heavy atom. The van der Waals surface area contributed by atoms with Crippen molar-refractivity contribution in [2.75, 3.05) is 11.9 Å². The van der Waals surface area contributed by atoms with E-state index < -0.39 is 0 Å². The van der Waals surface area contributed by atoms with Crippen molar-refractivity contribution < 1.29 is 0 Å². The highest BCUT2D eigenvalue weighted by molar-refractivity contribution is 9.11. The molecule has 4 rings (SSSR count). The molecular formula is C15H11Br2N3S. The Labute approximate surface area is 143 Å². The maximum Gasteiger partial charge on any atom is 0.133 e. The van der Waals surface area contributed by atoms with Gasteiger partial charge in [0.05, 0.1) is 14.4 Å². The molecule has 0 atom stereocenters. The zero-order valence-corrected chi connectivity index (χ0v) is 14.9. The van der Waals surface area contributed by atoms with Crippen LogP contribution in [0.2, 0.25) is 0 Å². The van der Waals surface area contributed by atoms with E-state index in [1.165, 1.54) is 10.4 Å². The van der Waals surface area contributed by atoms with Crippen molar-refractivity contribution in [1.29, 1.82) is 0 Å². The average Bonchev–Trinajstić information content (AvgIpc) is 3.15. The van der Waals surface area contributed by atoms with Crippen molar-refractivity contribution in [2.24, 2.45) is 0 Å². The summed E-state index contributed by atoms with van der Waals surface area (Å²) in [4.78, 5) is 1.20. The SMILES string of the molecule is Brc1ccc(-c2nn(-c3ccccc3Br)c3c2CCN3)s1. The van der Waals surface area contributed by atoms with Gasteiger partial charge in [-0.3, -0.25) is 0 Å². The van der Waals surface area contributed by atoms with Gasteiger partial charge in [-0.1, -0.05) is 12.1 Å². The number of hydrogen-bond acceptors (Lipinski definition) is 3. The number of fused-ring (bicyclic) bond motifs is 1. The second kappa shape index (κ2) is 5.26. The summed E-state index contributed by atoms with van der Waals surface area (Å²) in [6.45, 7) is 0.969. The smallest absolute Gasteiger partial charge is 0.133 e. The van der Waals surface area contributed by atoms with Gasteiger partial charge >= 0.3 is 0 Å². The van der Waals surface area contributed by atoms with E-state index in [-0.39, 0.29) is 0 Å². The second-order valence-electron chi connectivity index (χ2n) is 4.82. The summed E-state index contributed by atoms with van der Waals surface area (Å²) in [5.41, 5.74) is 3.45. The van der Waals surface area contributed by atoms with Crippen molar-refractivity contribution in [2.45, 2.75) is 6.42 Å². The summed E-state index contributed by atoms with van der Waals surface area (Å²) in [6.07, 6.45) is 1.02. The van der Waals surface area contributed by atoms with Crippen molar-refractivity contribution in [1.82, 2.24) is 9.78 Å². The van der Waals surface area contributed by atoms with Gasteiger partial charge in [-0.25, -0.2) is 4.68 Å². The number of aromatic nitrogens is 2. The lowest BCUT2D eigenvalue weighted by atomic mass is 10.2. The molecule has 2 aromatic heterocycles. The highest BCUT2D eigenvalue weighted by Crippen LogP contribution is 2.39. The van der Waals surface area contributed by atoms with E-state index in [1.54, 1.807) is 11.3 Å². The van der Waals surface area contributed by atoms with Gasteiger partial charge in [-0.2, -0.15) is 5.10 Å². The lowest BCUT2D eigenvalue weighted by Gasteiger charge is -2.08. The topological polar surface area (TPSA) is 29.9 Å². The van der Waals surface area contributed by atoms with Crippen molar-refractivity contribution in [3.63, 3.8) is 0 Å². The molecule has 0 radical (unpaired) electrons. The number of anilines is 1. The molecule has 3 nitrogen and oxygen atoms in total. The molecular weight excluding hydrogens is 414 g/mol. The number of thiophene rings is 1. The predicted octanol–water partition coefficient (Wildman–Crippen LogP) is 5.09. The predicted molar refractivity (Wildman–Crippen MR) is 94.5 cm³/mol. The first-order valence-corrected chi connectivity index (χ1v) is 9.00. The van der Waals surface area contributed by atoms with Crippen LogP contribution in [0.15, 0.2) is 44.7 Å². The Balaban J connectivity index is 1.93. The van der Waals surface area contributed by atoms with Gasteiger partial charge in [0.15, 0.2) is 0 Å². The minimum absolute atomic E-state index is 0.969. The molecule has 0 aliphatic carbocycles. The summed E-state index contributed by atoms with van der Waals surface area (Å²) >= 11 is 8.87. The van der Waals surface area contributed by atoms with Crippen LogP contribution < -0.4 is 5.32 Å². The van der Waals surface area contributed by atoms with E-state index in [2.05, 4.69) is 55.4 Å². The maximum atomic E-state index is 4.86. The van der Waals surface area contributed by atoms with Crippen LogP contribution >= 0.6 is 43.2 Å². The van der Waals surface area contributed by atoms with Gasteiger partial charge in [-0.05, 0) is 62.5 Å². The van der Waals surface area contributed by atoms with Crippen molar-refractivity contribution >= 4 is 49.0 Å². The fourth-order valence-electron chi connectivity index (χ4n) is 2.61. The molecule has 1 aliphatic heterocycles. The van der Waals surface area contributed by atoms with Crippen LogP contribution in [0.25, 0.3) is 16.3 Å². The zero-order valence-electron chi connectivity index (χ0n) is 10.9. The molecule has 0 saturated heterocycles. The number of halogens is 2. The lowest BCUT2D eigenvalue weighted by Crippen LogP contribution is -2.04. The first-order chi connectivity index (χ1) is 10.2. The number of benzene rings is 1. The molecule has 0 unspecified atom stereocenters. The van der Waals surface area contributed by atoms with Gasteiger partial charge in [0.2, 0.25) is 0 Å². The van der Waals surface area contributed by atoms with E-state index in [0.717, 1.165) is 38.4 Å². The van der Waals surface area contributed by atoms with Gasteiger partial charge in [0.25, 0.3) is 0 Å². The van der Waals surface area contributed by atoms with Crippen LogP contribution in [0.4, 0.5) is 5.82 Å². The Kier molecular flexibility index (Phi) is 3.40. The summed E-state index contributed by atoms with van der Waals surface area (Å²) < 4.78 is 4.19. The molecule has 3 aromatic rings. The highest BCUT2D eigenvalue weighted by Gasteiger charge is 2.25.